The van der Waals surface area contributed by atoms with Crippen LogP contribution in [-0.4, -0.2) is 11.3 Å². The summed E-state index contributed by atoms with van der Waals surface area (Å²) in [5.41, 5.74) is 0.873. The number of nitrogens with two attached hydrogens (primary N) is 1. The molecule has 4 heteroatoms. The number of hydrogen-bond donors (Lipinski definition) is 2. The Morgan fingerprint density at radius 3 is 2.60 bits per heavy atom. The Labute approximate surface area is 95.3 Å². The smallest absolute Gasteiger partial charge is 0.137 e. The fourth-order valence-electron chi connectivity index (χ4n) is 1.54. The third-order valence-electron chi connectivity index (χ3n) is 2.22. The molecule has 0 unspecified atom stereocenters. The van der Waals surface area contributed by atoms with Crippen molar-refractivity contribution in [1.82, 2.24) is 0 Å². The van der Waals surface area contributed by atoms with Gasteiger partial charge in [-0.05, 0) is 27.4 Å². The molecule has 0 bridgehead atoms. The Morgan fingerprint density at radius 1 is 1.27 bits per heavy atom. The summed E-state index contributed by atoms with van der Waals surface area (Å²) in [7, 11) is 0. The Kier molecular flexibility index (Phi) is 2.60. The molecule has 0 atom stereocenters. The van der Waals surface area contributed by atoms with E-state index < -0.39 is 0 Å². The average molecular weight is 265 g/mol. The number of benzene rings is 2. The van der Waals surface area contributed by atoms with Crippen LogP contribution < -0.4 is 5.84 Å². The van der Waals surface area contributed by atoms with Crippen molar-refractivity contribution < 1.29 is 5.11 Å². The van der Waals surface area contributed by atoms with Crippen molar-refractivity contribution >= 4 is 32.9 Å². The first kappa shape index (κ1) is 9.98. The van der Waals surface area contributed by atoms with E-state index in [1.165, 1.54) is 0 Å². The summed E-state index contributed by atoms with van der Waals surface area (Å²) < 4.78 is 0.635. The van der Waals surface area contributed by atoms with Crippen LogP contribution in [0.15, 0.2) is 39.9 Å². The lowest BCUT2D eigenvalue weighted by Gasteiger charge is -2.06. The van der Waals surface area contributed by atoms with Crippen molar-refractivity contribution in [2.45, 2.75) is 0 Å². The maximum Gasteiger partial charge on any atom is 0.137 e. The highest BCUT2D eigenvalue weighted by Crippen LogP contribution is 2.34. The van der Waals surface area contributed by atoms with E-state index in [2.05, 4.69) is 21.0 Å². The molecule has 3 N–H and O–H groups in total. The highest BCUT2D eigenvalue weighted by molar-refractivity contribution is 9.10. The second kappa shape index (κ2) is 3.90. The lowest BCUT2D eigenvalue weighted by Crippen LogP contribution is -1.89. The first-order valence-corrected chi connectivity index (χ1v) is 5.17. The molecule has 0 saturated carbocycles. The molecule has 0 aliphatic heterocycles. The molecule has 0 fully saturated rings. The standard InChI is InChI=1S/C11H9BrN2O/c12-10-5-7(6-14-13)8-3-1-2-4-9(8)11(10)15/h1-6,15H,13H2. The van der Waals surface area contributed by atoms with Gasteiger partial charge in [-0.15, -0.1) is 0 Å². The van der Waals surface area contributed by atoms with E-state index in [1.807, 2.05) is 24.3 Å². The van der Waals surface area contributed by atoms with Gasteiger partial charge in [-0.2, -0.15) is 5.10 Å². The van der Waals surface area contributed by atoms with Crippen LogP contribution in [0.2, 0.25) is 0 Å². The highest BCUT2D eigenvalue weighted by Gasteiger charge is 2.07. The third kappa shape index (κ3) is 1.68. The molecule has 0 amide bonds. The second-order valence-corrected chi connectivity index (χ2v) is 3.97. The summed E-state index contributed by atoms with van der Waals surface area (Å²) in [4.78, 5) is 0. The molecule has 0 aliphatic rings. The minimum Gasteiger partial charge on any atom is -0.506 e. The number of hydrazone groups is 1. The van der Waals surface area contributed by atoms with Gasteiger partial charge in [0.05, 0.1) is 10.7 Å². The SMILES string of the molecule is NN=Cc1cc(Br)c(O)c2ccccc12. The number of aromatic hydroxyl groups is 1. The summed E-state index contributed by atoms with van der Waals surface area (Å²) >= 11 is 3.28. The Balaban J connectivity index is 2.88. The summed E-state index contributed by atoms with van der Waals surface area (Å²) in [6.07, 6.45) is 1.56. The Bertz CT molecular complexity index is 537. The maximum absolute atomic E-state index is 9.83. The second-order valence-electron chi connectivity index (χ2n) is 3.12. The quantitative estimate of drug-likeness (QED) is 0.473. The van der Waals surface area contributed by atoms with Crippen LogP contribution in [0, 0.1) is 0 Å². The largest absolute Gasteiger partial charge is 0.506 e. The van der Waals surface area contributed by atoms with Gasteiger partial charge in [0.15, 0.2) is 0 Å². The fourth-order valence-corrected chi connectivity index (χ4v) is 2.00. The first-order chi connectivity index (χ1) is 7.24. The number of phenolic OH excluding ortho intramolecular Hbond substituents is 1. The van der Waals surface area contributed by atoms with Gasteiger partial charge in [-0.1, -0.05) is 24.3 Å². The zero-order valence-corrected chi connectivity index (χ0v) is 9.40. The van der Waals surface area contributed by atoms with Gasteiger partial charge in [0.2, 0.25) is 0 Å². The molecule has 3 nitrogen and oxygen atoms in total. The minimum atomic E-state index is 0.236. The van der Waals surface area contributed by atoms with Crippen LogP contribution in [0.25, 0.3) is 10.8 Å². The van der Waals surface area contributed by atoms with Crippen LogP contribution in [0.5, 0.6) is 5.75 Å². The normalized spacial score (nSPS) is 11.3. The van der Waals surface area contributed by atoms with Gasteiger partial charge >= 0.3 is 0 Å². The molecule has 76 valence electrons. The number of phenols is 1. The number of rotatable bonds is 1. The molecule has 2 aromatic carbocycles. The molecular weight excluding hydrogens is 256 g/mol. The third-order valence-corrected chi connectivity index (χ3v) is 2.82. The molecule has 0 aromatic heterocycles. The number of halogens is 1. The predicted octanol–water partition coefficient (Wildman–Crippen LogP) is 2.60. The van der Waals surface area contributed by atoms with E-state index in [0.29, 0.717) is 4.47 Å². The van der Waals surface area contributed by atoms with Gasteiger partial charge in [0.1, 0.15) is 5.75 Å². The first-order valence-electron chi connectivity index (χ1n) is 4.37. The molecule has 0 spiro atoms. The molecule has 15 heavy (non-hydrogen) atoms. The van der Waals surface area contributed by atoms with Crippen molar-refractivity contribution in [3.63, 3.8) is 0 Å². The summed E-state index contributed by atoms with van der Waals surface area (Å²) in [5.74, 6) is 5.37. The van der Waals surface area contributed by atoms with Gasteiger partial charge in [0.25, 0.3) is 0 Å². The van der Waals surface area contributed by atoms with Crippen molar-refractivity contribution in [1.29, 1.82) is 0 Å². The van der Waals surface area contributed by atoms with Crippen molar-refractivity contribution in [3.05, 3.63) is 40.4 Å². The van der Waals surface area contributed by atoms with Gasteiger partial charge in [-0.25, -0.2) is 0 Å². The van der Waals surface area contributed by atoms with Crippen LogP contribution in [-0.2, 0) is 0 Å². The molecule has 0 radical (unpaired) electrons. The average Bonchev–Trinajstić information content (AvgIpc) is 2.26. The minimum absolute atomic E-state index is 0.236. The van der Waals surface area contributed by atoms with Crippen LogP contribution in [0.3, 0.4) is 0 Å². The van der Waals surface area contributed by atoms with Crippen LogP contribution >= 0.6 is 15.9 Å². The highest BCUT2D eigenvalue weighted by atomic mass is 79.9. The molecule has 0 aliphatic carbocycles. The number of nitrogens with zero attached hydrogens (tertiary/aromatic N) is 1. The van der Waals surface area contributed by atoms with Gasteiger partial charge < -0.3 is 10.9 Å². The van der Waals surface area contributed by atoms with Crippen molar-refractivity contribution in [2.75, 3.05) is 0 Å². The molecule has 2 aromatic rings. The van der Waals surface area contributed by atoms with Gasteiger partial charge in [0, 0.05) is 10.9 Å². The molecule has 0 heterocycles. The molecule has 0 saturated heterocycles. The van der Waals surface area contributed by atoms with Crippen molar-refractivity contribution in [2.24, 2.45) is 10.9 Å². The zero-order valence-electron chi connectivity index (χ0n) is 7.81. The summed E-state index contributed by atoms with van der Waals surface area (Å²) in [5, 5.41) is 15.0. The monoisotopic (exact) mass is 264 g/mol. The maximum atomic E-state index is 9.83. The topological polar surface area (TPSA) is 58.6 Å². The number of hydrogen-bond acceptors (Lipinski definition) is 3. The van der Waals surface area contributed by atoms with E-state index in [1.54, 1.807) is 12.3 Å². The van der Waals surface area contributed by atoms with Crippen LogP contribution in [0.1, 0.15) is 5.56 Å². The van der Waals surface area contributed by atoms with E-state index in [-0.39, 0.29) is 5.75 Å². The Morgan fingerprint density at radius 2 is 1.93 bits per heavy atom. The summed E-state index contributed by atoms with van der Waals surface area (Å²) in [6.45, 7) is 0. The molecule has 2 rings (SSSR count). The summed E-state index contributed by atoms with van der Waals surface area (Å²) in [6, 6.07) is 9.33. The van der Waals surface area contributed by atoms with Crippen LogP contribution in [0.4, 0.5) is 0 Å². The van der Waals surface area contributed by atoms with E-state index in [9.17, 15) is 5.11 Å². The fraction of sp³-hybridized carbons (Fsp3) is 0. The van der Waals surface area contributed by atoms with Crippen molar-refractivity contribution in [3.8, 4) is 5.75 Å². The molecular formula is C11H9BrN2O. The zero-order chi connectivity index (χ0) is 10.8. The predicted molar refractivity (Wildman–Crippen MR) is 65.1 cm³/mol. The van der Waals surface area contributed by atoms with Gasteiger partial charge in [-0.3, -0.25) is 0 Å². The van der Waals surface area contributed by atoms with E-state index in [0.717, 1.165) is 16.3 Å². The lowest BCUT2D eigenvalue weighted by atomic mass is 10.0. The lowest BCUT2D eigenvalue weighted by molar-refractivity contribution is 0.478. The number of fused-ring (bicyclic) bond motifs is 1. The van der Waals surface area contributed by atoms with E-state index in [4.69, 9.17) is 5.84 Å². The van der Waals surface area contributed by atoms with E-state index >= 15 is 0 Å². The Hall–Kier alpha value is -1.55.